The molecular formula is C12H21F3O. The highest BCUT2D eigenvalue weighted by Crippen LogP contribution is 2.45. The lowest BCUT2D eigenvalue weighted by Crippen LogP contribution is -2.51. The number of alkyl halides is 3. The number of hydrogen-bond acceptors (Lipinski definition) is 1. The fourth-order valence-electron chi connectivity index (χ4n) is 2.40. The van der Waals surface area contributed by atoms with Crippen LogP contribution < -0.4 is 0 Å². The van der Waals surface area contributed by atoms with Gasteiger partial charge in [0.1, 0.15) is 0 Å². The second kappa shape index (κ2) is 5.39. The summed E-state index contributed by atoms with van der Waals surface area (Å²) in [7, 11) is 0. The zero-order valence-corrected chi connectivity index (χ0v) is 10.1. The van der Waals surface area contributed by atoms with E-state index in [1.54, 1.807) is 0 Å². The van der Waals surface area contributed by atoms with Crippen molar-refractivity contribution in [1.29, 1.82) is 0 Å². The third kappa shape index (κ3) is 2.90. The van der Waals surface area contributed by atoms with Crippen LogP contribution in [-0.4, -0.2) is 18.4 Å². The average molecular weight is 238 g/mol. The number of rotatable bonds is 4. The Balaban J connectivity index is 2.76. The predicted molar refractivity (Wildman–Crippen MR) is 57.3 cm³/mol. The smallest absolute Gasteiger partial charge is 0.366 e. The molecule has 1 fully saturated rings. The van der Waals surface area contributed by atoms with E-state index in [9.17, 15) is 13.2 Å². The van der Waals surface area contributed by atoms with E-state index < -0.39 is 11.8 Å². The normalized spacial score (nSPS) is 23.1. The standard InChI is InChI=1S/C12H21F3O/c1-3-9-16-11(2,12(13,14)15)10-7-5-4-6-8-10/h10H,3-9H2,1-2H3. The lowest BCUT2D eigenvalue weighted by atomic mass is 9.77. The highest BCUT2D eigenvalue weighted by Gasteiger charge is 2.56. The Morgan fingerprint density at radius 1 is 1.12 bits per heavy atom. The summed E-state index contributed by atoms with van der Waals surface area (Å²) < 4.78 is 44.4. The molecule has 0 radical (unpaired) electrons. The average Bonchev–Trinajstić information content (AvgIpc) is 2.25. The maximum absolute atomic E-state index is 13.1. The first-order chi connectivity index (χ1) is 7.42. The fourth-order valence-corrected chi connectivity index (χ4v) is 2.40. The maximum Gasteiger partial charge on any atom is 0.417 e. The van der Waals surface area contributed by atoms with Gasteiger partial charge in [0.15, 0.2) is 5.60 Å². The Morgan fingerprint density at radius 2 is 1.69 bits per heavy atom. The maximum atomic E-state index is 13.1. The Hall–Kier alpha value is -0.250. The van der Waals surface area contributed by atoms with E-state index in [4.69, 9.17) is 4.74 Å². The van der Waals surface area contributed by atoms with Gasteiger partial charge in [0.05, 0.1) is 0 Å². The van der Waals surface area contributed by atoms with Crippen molar-refractivity contribution in [3.63, 3.8) is 0 Å². The molecule has 0 aromatic heterocycles. The molecule has 4 heteroatoms. The van der Waals surface area contributed by atoms with E-state index in [0.717, 1.165) is 19.3 Å². The van der Waals surface area contributed by atoms with Crippen LogP contribution in [0.2, 0.25) is 0 Å². The molecule has 1 rings (SSSR count). The van der Waals surface area contributed by atoms with Crippen molar-refractivity contribution in [2.24, 2.45) is 5.92 Å². The monoisotopic (exact) mass is 238 g/mol. The molecule has 0 aromatic carbocycles. The third-order valence-corrected chi connectivity index (χ3v) is 3.55. The Bertz CT molecular complexity index is 209. The summed E-state index contributed by atoms with van der Waals surface area (Å²) in [6, 6.07) is 0. The molecule has 0 heterocycles. The second-order valence-corrected chi connectivity index (χ2v) is 4.79. The Labute approximate surface area is 95.4 Å². The zero-order chi connectivity index (χ0) is 12.2. The first-order valence-corrected chi connectivity index (χ1v) is 6.12. The summed E-state index contributed by atoms with van der Waals surface area (Å²) >= 11 is 0. The summed E-state index contributed by atoms with van der Waals surface area (Å²) in [5.74, 6) is -0.368. The van der Waals surface area contributed by atoms with Crippen LogP contribution in [0.25, 0.3) is 0 Å². The Kier molecular flexibility index (Phi) is 4.65. The van der Waals surface area contributed by atoms with E-state index >= 15 is 0 Å². The predicted octanol–water partition coefficient (Wildman–Crippen LogP) is 4.31. The molecule has 0 N–H and O–H groups in total. The SMILES string of the molecule is CCCOC(C)(C1CCCCC1)C(F)(F)F. The van der Waals surface area contributed by atoms with Crippen LogP contribution in [0.1, 0.15) is 52.4 Å². The minimum absolute atomic E-state index is 0.187. The van der Waals surface area contributed by atoms with Crippen LogP contribution in [0, 0.1) is 5.92 Å². The molecule has 1 atom stereocenters. The number of ether oxygens (including phenoxy) is 1. The lowest BCUT2D eigenvalue weighted by molar-refractivity contribution is -0.292. The summed E-state index contributed by atoms with van der Waals surface area (Å²) in [5.41, 5.74) is -1.94. The highest BCUT2D eigenvalue weighted by atomic mass is 19.4. The zero-order valence-electron chi connectivity index (χ0n) is 10.1. The summed E-state index contributed by atoms with van der Waals surface area (Å²) in [4.78, 5) is 0. The van der Waals surface area contributed by atoms with Crippen molar-refractivity contribution in [2.45, 2.75) is 64.1 Å². The molecule has 1 aliphatic carbocycles. The van der Waals surface area contributed by atoms with Crippen molar-refractivity contribution in [2.75, 3.05) is 6.61 Å². The van der Waals surface area contributed by atoms with Gasteiger partial charge >= 0.3 is 6.18 Å². The molecule has 0 spiro atoms. The summed E-state index contributed by atoms with van der Waals surface area (Å²) in [6.07, 6.45) is 0.484. The number of halogens is 3. The summed E-state index contributed by atoms with van der Waals surface area (Å²) in [5, 5.41) is 0. The molecule has 0 amide bonds. The first-order valence-electron chi connectivity index (χ1n) is 6.12. The van der Waals surface area contributed by atoms with Crippen LogP contribution in [-0.2, 0) is 4.74 Å². The topological polar surface area (TPSA) is 9.23 Å². The van der Waals surface area contributed by atoms with Gasteiger partial charge in [-0.25, -0.2) is 0 Å². The van der Waals surface area contributed by atoms with E-state index in [1.165, 1.54) is 6.92 Å². The molecule has 1 saturated carbocycles. The van der Waals surface area contributed by atoms with Gasteiger partial charge in [0.2, 0.25) is 0 Å². The van der Waals surface area contributed by atoms with Crippen LogP contribution in [0.15, 0.2) is 0 Å². The molecule has 0 bridgehead atoms. The molecule has 96 valence electrons. The van der Waals surface area contributed by atoms with Gasteiger partial charge in [0, 0.05) is 6.61 Å². The van der Waals surface area contributed by atoms with Crippen LogP contribution >= 0.6 is 0 Å². The molecule has 0 saturated heterocycles. The Morgan fingerprint density at radius 3 is 2.12 bits per heavy atom. The van der Waals surface area contributed by atoms with Gasteiger partial charge in [0.25, 0.3) is 0 Å². The molecule has 1 unspecified atom stereocenters. The van der Waals surface area contributed by atoms with Crippen molar-refractivity contribution in [3.8, 4) is 0 Å². The molecule has 1 nitrogen and oxygen atoms in total. The molecular weight excluding hydrogens is 217 g/mol. The minimum Gasteiger partial charge on any atom is -0.366 e. The molecule has 16 heavy (non-hydrogen) atoms. The van der Waals surface area contributed by atoms with Crippen molar-refractivity contribution < 1.29 is 17.9 Å². The van der Waals surface area contributed by atoms with E-state index in [2.05, 4.69) is 0 Å². The van der Waals surface area contributed by atoms with Crippen molar-refractivity contribution >= 4 is 0 Å². The van der Waals surface area contributed by atoms with Crippen molar-refractivity contribution in [3.05, 3.63) is 0 Å². The number of hydrogen-bond donors (Lipinski definition) is 0. The largest absolute Gasteiger partial charge is 0.417 e. The third-order valence-electron chi connectivity index (χ3n) is 3.55. The van der Waals surface area contributed by atoms with E-state index in [0.29, 0.717) is 19.3 Å². The molecule has 0 aromatic rings. The van der Waals surface area contributed by atoms with Gasteiger partial charge in [-0.3, -0.25) is 0 Å². The van der Waals surface area contributed by atoms with Gasteiger partial charge in [-0.1, -0.05) is 26.2 Å². The van der Waals surface area contributed by atoms with Gasteiger partial charge in [-0.15, -0.1) is 0 Å². The van der Waals surface area contributed by atoms with Crippen molar-refractivity contribution in [1.82, 2.24) is 0 Å². The minimum atomic E-state index is -4.26. The fraction of sp³-hybridized carbons (Fsp3) is 1.00. The quantitative estimate of drug-likeness (QED) is 0.709. The van der Waals surface area contributed by atoms with Gasteiger partial charge < -0.3 is 4.74 Å². The summed E-state index contributed by atoms with van der Waals surface area (Å²) in [6.45, 7) is 3.24. The second-order valence-electron chi connectivity index (χ2n) is 4.79. The lowest BCUT2D eigenvalue weighted by Gasteiger charge is -2.40. The van der Waals surface area contributed by atoms with Crippen LogP contribution in [0.5, 0.6) is 0 Å². The van der Waals surface area contributed by atoms with E-state index in [-0.39, 0.29) is 12.5 Å². The first kappa shape index (κ1) is 13.8. The van der Waals surface area contributed by atoms with Gasteiger partial charge in [-0.05, 0) is 32.1 Å². The highest BCUT2D eigenvalue weighted by molar-refractivity contribution is 4.92. The van der Waals surface area contributed by atoms with Crippen LogP contribution in [0.3, 0.4) is 0 Å². The molecule has 1 aliphatic rings. The van der Waals surface area contributed by atoms with Gasteiger partial charge in [-0.2, -0.15) is 13.2 Å². The van der Waals surface area contributed by atoms with Crippen LogP contribution in [0.4, 0.5) is 13.2 Å². The molecule has 0 aliphatic heterocycles. The van der Waals surface area contributed by atoms with E-state index in [1.807, 2.05) is 6.92 Å².